The lowest BCUT2D eigenvalue weighted by atomic mass is 10.1. The quantitative estimate of drug-likeness (QED) is 0.209. The third-order valence-electron chi connectivity index (χ3n) is 6.93. The molecule has 1 saturated heterocycles. The Morgan fingerprint density at radius 2 is 1.23 bits per heavy atom. The number of carbonyl (C=O) groups is 4. The van der Waals surface area contributed by atoms with Crippen LogP contribution in [0.1, 0.15) is 6.92 Å². The fraction of sp³-hybridized carbons (Fsp3) is 0.121. The Labute approximate surface area is 253 Å². The number of carboxylic acids is 1. The van der Waals surface area contributed by atoms with Crippen LogP contribution >= 0.6 is 18.6 Å². The van der Waals surface area contributed by atoms with Gasteiger partial charge in [0.05, 0.1) is 0 Å². The number of rotatable bonds is 10. The van der Waals surface area contributed by atoms with Gasteiger partial charge < -0.3 is 15.2 Å². The number of benzene rings is 4. The molecule has 1 heterocycles. The number of β-lactam (4-membered cyclic amide) rings is 1. The number of thioether (sulfide) groups is 1. The van der Waals surface area contributed by atoms with Crippen molar-refractivity contribution in [3.8, 4) is 5.75 Å². The highest BCUT2D eigenvalue weighted by atomic mass is 32.2. The first kappa shape index (κ1) is 29.9. The van der Waals surface area contributed by atoms with Gasteiger partial charge in [-0.15, -0.1) is 0 Å². The summed E-state index contributed by atoms with van der Waals surface area (Å²) in [6, 6.07) is 35.4. The Balaban J connectivity index is 1.66. The standard InChI is InChI=1S/C33H29N2O6PS/c1-23(36)43-32-29(34-28(37)22-41-24-14-6-2-7-15-24)30(38)35(32)31(33(39)40)42(25-16-8-3-9-17-25,26-18-10-4-11-19-26)27-20-12-5-13-21-27/h2-21,29,32H,22H2,1H3,(H,34,37)(H,39,40)/t29-,32-/m0/s1. The summed E-state index contributed by atoms with van der Waals surface area (Å²) in [5.74, 6) is -1.98. The van der Waals surface area contributed by atoms with Crippen LogP contribution in [-0.2, 0) is 19.2 Å². The van der Waals surface area contributed by atoms with Crippen molar-refractivity contribution in [3.63, 3.8) is 0 Å². The number of aliphatic carboxylic acids is 1. The van der Waals surface area contributed by atoms with E-state index in [1.165, 1.54) is 11.8 Å². The first-order chi connectivity index (χ1) is 20.8. The van der Waals surface area contributed by atoms with Gasteiger partial charge in [0.25, 0.3) is 11.8 Å². The lowest BCUT2D eigenvalue weighted by molar-refractivity contribution is -0.145. The Morgan fingerprint density at radius 3 is 1.65 bits per heavy atom. The maximum absolute atomic E-state index is 13.9. The summed E-state index contributed by atoms with van der Waals surface area (Å²) in [6.07, 6.45) is 0. The van der Waals surface area contributed by atoms with E-state index in [1.54, 1.807) is 24.3 Å². The van der Waals surface area contributed by atoms with Crippen LogP contribution in [0.3, 0.4) is 0 Å². The number of nitrogens with zero attached hydrogens (tertiary/aromatic N) is 1. The van der Waals surface area contributed by atoms with Gasteiger partial charge in [0, 0.05) is 13.8 Å². The highest BCUT2D eigenvalue weighted by molar-refractivity contribution is 8.14. The number of para-hydroxylation sites is 1. The molecule has 2 atom stereocenters. The van der Waals surface area contributed by atoms with E-state index in [9.17, 15) is 24.3 Å². The molecule has 10 heteroatoms. The van der Waals surface area contributed by atoms with Crippen LogP contribution < -0.4 is 26.0 Å². The minimum Gasteiger partial charge on any atom is -0.484 e. The molecular formula is C33H29N2O6PS. The Morgan fingerprint density at radius 1 is 0.791 bits per heavy atom. The van der Waals surface area contributed by atoms with Gasteiger partial charge in [-0.3, -0.25) is 19.3 Å². The summed E-state index contributed by atoms with van der Waals surface area (Å²) in [6.45, 7) is -2.22. The van der Waals surface area contributed by atoms with Crippen molar-refractivity contribution in [1.29, 1.82) is 0 Å². The molecule has 0 spiro atoms. The number of likely N-dealkylation sites (tertiary alicyclic amines) is 1. The van der Waals surface area contributed by atoms with E-state index in [0.717, 1.165) is 27.7 Å². The van der Waals surface area contributed by atoms with Crippen LogP contribution in [-0.4, -0.2) is 56.3 Å². The van der Waals surface area contributed by atoms with Gasteiger partial charge >= 0.3 is 5.97 Å². The normalized spacial score (nSPS) is 16.1. The van der Waals surface area contributed by atoms with E-state index in [0.29, 0.717) is 5.75 Å². The van der Waals surface area contributed by atoms with E-state index >= 15 is 0 Å². The number of hydrogen-bond acceptors (Lipinski definition) is 6. The van der Waals surface area contributed by atoms with Gasteiger partial charge in [0.2, 0.25) is 0 Å². The molecule has 0 radical (unpaired) electrons. The van der Waals surface area contributed by atoms with Crippen molar-refractivity contribution >= 4 is 62.9 Å². The Kier molecular flexibility index (Phi) is 9.14. The zero-order valence-electron chi connectivity index (χ0n) is 23.2. The summed E-state index contributed by atoms with van der Waals surface area (Å²) in [7, 11) is 0. The molecule has 0 bridgehead atoms. The summed E-state index contributed by atoms with van der Waals surface area (Å²) in [5, 5.41) is 14.5. The van der Waals surface area contributed by atoms with Crippen LogP contribution in [0.15, 0.2) is 121 Å². The van der Waals surface area contributed by atoms with E-state index in [-0.39, 0.29) is 17.1 Å². The number of amides is 2. The summed E-state index contributed by atoms with van der Waals surface area (Å²) in [5.41, 5.74) is -0.133. The molecule has 1 aliphatic rings. The van der Waals surface area contributed by atoms with E-state index in [1.807, 2.05) is 97.1 Å². The second-order valence-electron chi connectivity index (χ2n) is 9.66. The number of carbonyl (C=O) groups excluding carboxylic acids is 3. The van der Waals surface area contributed by atoms with Crippen LogP contribution in [0.5, 0.6) is 5.75 Å². The van der Waals surface area contributed by atoms with Crippen molar-refractivity contribution < 1.29 is 29.0 Å². The molecule has 5 rings (SSSR count). The molecule has 4 aromatic rings. The zero-order valence-corrected chi connectivity index (χ0v) is 24.9. The van der Waals surface area contributed by atoms with E-state index in [2.05, 4.69) is 5.32 Å². The molecule has 218 valence electrons. The topological polar surface area (TPSA) is 113 Å². The average Bonchev–Trinajstić information content (AvgIpc) is 3.04. The molecule has 43 heavy (non-hydrogen) atoms. The maximum atomic E-state index is 13.9. The van der Waals surface area contributed by atoms with Gasteiger partial charge in [0.15, 0.2) is 11.7 Å². The highest BCUT2D eigenvalue weighted by Gasteiger charge is 2.55. The average molecular weight is 613 g/mol. The van der Waals surface area contributed by atoms with Gasteiger partial charge in [-0.05, 0) is 28.0 Å². The molecule has 0 aromatic heterocycles. The van der Waals surface area contributed by atoms with Gasteiger partial charge in [-0.25, -0.2) is 4.79 Å². The largest absolute Gasteiger partial charge is 0.484 e. The third kappa shape index (κ3) is 6.00. The molecule has 8 nitrogen and oxygen atoms in total. The number of carboxylic acid groups (broad SMARTS) is 1. The SMILES string of the molecule is CC(=O)S[C@H]1[C@@H](NC(=O)COc2ccccc2)C(=O)N1C(C(=O)O)=P(c1ccccc1)(c1ccccc1)c1ccccc1. The lowest BCUT2D eigenvalue weighted by Crippen LogP contribution is -2.72. The molecule has 2 N–H and O–H groups in total. The lowest BCUT2D eigenvalue weighted by Gasteiger charge is -2.48. The fourth-order valence-electron chi connectivity index (χ4n) is 5.17. The zero-order chi connectivity index (χ0) is 30.4. The molecule has 0 saturated carbocycles. The summed E-state index contributed by atoms with van der Waals surface area (Å²) >= 11 is 0.809. The van der Waals surface area contributed by atoms with Crippen molar-refractivity contribution in [3.05, 3.63) is 121 Å². The molecule has 1 fully saturated rings. The van der Waals surface area contributed by atoms with E-state index in [4.69, 9.17) is 4.74 Å². The molecule has 2 amide bonds. The van der Waals surface area contributed by atoms with Gasteiger partial charge in [0.1, 0.15) is 22.6 Å². The van der Waals surface area contributed by atoms with Gasteiger partial charge in [-0.1, -0.05) is 121 Å². The molecular weight excluding hydrogens is 583 g/mol. The number of ether oxygens (including phenoxy) is 1. The smallest absolute Gasteiger partial charge is 0.353 e. The number of nitrogens with one attached hydrogen (secondary N) is 1. The first-order valence-electron chi connectivity index (χ1n) is 13.5. The monoisotopic (exact) mass is 612 g/mol. The molecule has 4 aromatic carbocycles. The highest BCUT2D eigenvalue weighted by Crippen LogP contribution is 2.49. The van der Waals surface area contributed by atoms with Crippen LogP contribution in [0.2, 0.25) is 0 Å². The Bertz CT molecular complexity index is 1580. The van der Waals surface area contributed by atoms with Gasteiger partial charge in [-0.2, -0.15) is 0 Å². The summed E-state index contributed by atoms with van der Waals surface area (Å²) in [4.78, 5) is 53.9. The maximum Gasteiger partial charge on any atom is 0.353 e. The minimum absolute atomic E-state index is 0.133. The predicted molar refractivity (Wildman–Crippen MR) is 171 cm³/mol. The predicted octanol–water partition coefficient (Wildman–Crippen LogP) is 3.21. The Hall–Kier alpha value is -4.59. The molecule has 0 unspecified atom stereocenters. The van der Waals surface area contributed by atoms with Crippen LogP contribution in [0, 0.1) is 0 Å². The van der Waals surface area contributed by atoms with Crippen LogP contribution in [0.25, 0.3) is 0 Å². The van der Waals surface area contributed by atoms with Crippen molar-refractivity contribution in [2.45, 2.75) is 18.3 Å². The molecule has 1 aliphatic heterocycles. The minimum atomic E-state index is -3.21. The second kappa shape index (κ2) is 13.2. The molecule has 0 aliphatic carbocycles. The first-order valence-corrected chi connectivity index (χ1v) is 16.1. The van der Waals surface area contributed by atoms with Crippen LogP contribution in [0.4, 0.5) is 0 Å². The number of hydrogen-bond donors (Lipinski definition) is 2. The van der Waals surface area contributed by atoms with Crippen molar-refractivity contribution in [2.24, 2.45) is 0 Å². The third-order valence-corrected chi connectivity index (χ3v) is 12.2. The fourth-order valence-corrected chi connectivity index (χ4v) is 10.5. The van der Waals surface area contributed by atoms with Crippen molar-refractivity contribution in [2.75, 3.05) is 6.61 Å². The van der Waals surface area contributed by atoms with E-state index < -0.39 is 36.1 Å². The summed E-state index contributed by atoms with van der Waals surface area (Å²) < 4.78 is 5.52. The van der Waals surface area contributed by atoms with Crippen molar-refractivity contribution in [1.82, 2.24) is 10.2 Å². The second-order valence-corrected chi connectivity index (χ2v) is 14.3.